The predicted molar refractivity (Wildman–Crippen MR) is 92.0 cm³/mol. The summed E-state index contributed by atoms with van der Waals surface area (Å²) in [6.07, 6.45) is 1.71. The quantitative estimate of drug-likeness (QED) is 0.773. The van der Waals surface area contributed by atoms with Crippen molar-refractivity contribution in [2.24, 2.45) is 11.3 Å². The molecule has 0 bridgehead atoms. The topological polar surface area (TPSA) is 53.3 Å². The molecule has 0 aromatic heterocycles. The Morgan fingerprint density at radius 2 is 1.96 bits per heavy atom. The van der Waals surface area contributed by atoms with Gasteiger partial charge in [0.15, 0.2) is 5.41 Å². The zero-order valence-corrected chi connectivity index (χ0v) is 14.6. The van der Waals surface area contributed by atoms with Gasteiger partial charge in [-0.3, -0.25) is 9.69 Å². The summed E-state index contributed by atoms with van der Waals surface area (Å²) in [6, 6.07) is 12.6. The van der Waals surface area contributed by atoms with Gasteiger partial charge >= 0.3 is 5.97 Å². The summed E-state index contributed by atoms with van der Waals surface area (Å²) in [5, 5.41) is 9.47. The molecule has 5 heteroatoms. The average Bonchev–Trinajstić information content (AvgIpc) is 2.56. The maximum Gasteiger partial charge on any atom is 0.326 e. The van der Waals surface area contributed by atoms with Crippen LogP contribution in [0, 0.1) is 22.7 Å². The lowest BCUT2D eigenvalue weighted by Crippen LogP contribution is -2.43. The smallest absolute Gasteiger partial charge is 0.326 e. The Morgan fingerprint density at radius 1 is 1.35 bits per heavy atom. The molecule has 23 heavy (non-hydrogen) atoms. The second-order valence-electron chi connectivity index (χ2n) is 6.07. The highest BCUT2D eigenvalue weighted by atomic mass is 35.5. The molecule has 1 heterocycles. The fourth-order valence-corrected chi connectivity index (χ4v) is 3.09. The first kappa shape index (κ1) is 19.5. The number of halogens is 1. The molecule has 126 valence electrons. The van der Waals surface area contributed by atoms with E-state index in [0.717, 1.165) is 32.5 Å². The second-order valence-corrected chi connectivity index (χ2v) is 6.07. The maximum absolute atomic E-state index is 12.1. The van der Waals surface area contributed by atoms with Crippen LogP contribution in [0.5, 0.6) is 0 Å². The Balaban J connectivity index is 0.00000264. The van der Waals surface area contributed by atoms with Crippen LogP contribution in [0.4, 0.5) is 0 Å². The molecule has 1 aliphatic rings. The van der Waals surface area contributed by atoms with Gasteiger partial charge in [-0.25, -0.2) is 0 Å². The molecule has 1 unspecified atom stereocenters. The van der Waals surface area contributed by atoms with Crippen molar-refractivity contribution in [3.8, 4) is 6.07 Å². The minimum Gasteiger partial charge on any atom is -0.465 e. The first-order valence-electron chi connectivity index (χ1n) is 7.95. The molecule has 1 aromatic carbocycles. The number of carbonyl (C=O) groups is 1. The fourth-order valence-electron chi connectivity index (χ4n) is 3.09. The molecule has 1 aromatic rings. The van der Waals surface area contributed by atoms with Gasteiger partial charge in [0.05, 0.1) is 12.7 Å². The molecule has 0 N–H and O–H groups in total. The molecular weight excluding hydrogens is 312 g/mol. The zero-order valence-electron chi connectivity index (χ0n) is 13.8. The molecule has 1 aliphatic heterocycles. The Labute approximate surface area is 144 Å². The van der Waals surface area contributed by atoms with E-state index in [2.05, 4.69) is 35.2 Å². The van der Waals surface area contributed by atoms with Crippen LogP contribution in [0.2, 0.25) is 0 Å². The lowest BCUT2D eigenvalue weighted by molar-refractivity contribution is -0.154. The minimum absolute atomic E-state index is 0. The van der Waals surface area contributed by atoms with E-state index in [9.17, 15) is 10.1 Å². The van der Waals surface area contributed by atoms with Crippen molar-refractivity contribution in [1.82, 2.24) is 4.90 Å². The number of ether oxygens (including phenoxy) is 1. The van der Waals surface area contributed by atoms with Gasteiger partial charge in [-0.05, 0) is 51.3 Å². The summed E-state index contributed by atoms with van der Waals surface area (Å²) in [6.45, 7) is 6.58. The van der Waals surface area contributed by atoms with Gasteiger partial charge in [0, 0.05) is 6.54 Å². The van der Waals surface area contributed by atoms with E-state index in [4.69, 9.17) is 4.74 Å². The lowest BCUT2D eigenvalue weighted by Gasteiger charge is -2.37. The van der Waals surface area contributed by atoms with Crippen molar-refractivity contribution in [3.05, 3.63) is 35.9 Å². The van der Waals surface area contributed by atoms with Crippen LogP contribution >= 0.6 is 12.4 Å². The number of carbonyl (C=O) groups excluding carboxylic acids is 1. The van der Waals surface area contributed by atoms with Gasteiger partial charge in [-0.15, -0.1) is 12.4 Å². The van der Waals surface area contributed by atoms with E-state index < -0.39 is 5.41 Å². The predicted octanol–water partition coefficient (Wildman–Crippen LogP) is 3.41. The van der Waals surface area contributed by atoms with Gasteiger partial charge in [0.1, 0.15) is 0 Å². The minimum atomic E-state index is -1.02. The monoisotopic (exact) mass is 336 g/mol. The summed E-state index contributed by atoms with van der Waals surface area (Å²) in [5.41, 5.74) is 0.281. The van der Waals surface area contributed by atoms with Crippen LogP contribution < -0.4 is 0 Å². The van der Waals surface area contributed by atoms with Crippen molar-refractivity contribution < 1.29 is 9.53 Å². The van der Waals surface area contributed by atoms with Crippen molar-refractivity contribution in [2.75, 3.05) is 19.7 Å². The zero-order chi connectivity index (χ0) is 16.0. The van der Waals surface area contributed by atoms with E-state index >= 15 is 0 Å². The van der Waals surface area contributed by atoms with Crippen LogP contribution in [-0.2, 0) is 16.1 Å². The molecule has 0 saturated carbocycles. The SMILES string of the molecule is CCOC(=O)C(C)(C#N)C1CCN(Cc2ccccc2)CC1.Cl. The normalized spacial score (nSPS) is 18.3. The number of rotatable bonds is 5. The molecule has 0 spiro atoms. The standard InChI is InChI=1S/C18H24N2O2.ClH/c1-3-22-17(21)18(2,14-19)16-9-11-20(12-10-16)13-15-7-5-4-6-8-15;/h4-8,16H,3,9-13H2,1-2H3;1H. The Bertz CT molecular complexity index is 536. The van der Waals surface area contributed by atoms with Crippen molar-refractivity contribution in [1.29, 1.82) is 5.26 Å². The fraction of sp³-hybridized carbons (Fsp3) is 0.556. The lowest BCUT2D eigenvalue weighted by atomic mass is 9.73. The number of nitriles is 1. The highest BCUT2D eigenvalue weighted by Gasteiger charge is 2.44. The van der Waals surface area contributed by atoms with Crippen LogP contribution in [0.3, 0.4) is 0 Å². The number of nitrogens with zero attached hydrogens (tertiary/aromatic N) is 2. The number of likely N-dealkylation sites (tertiary alicyclic amines) is 1. The third-order valence-corrected chi connectivity index (χ3v) is 4.58. The van der Waals surface area contributed by atoms with E-state index in [1.165, 1.54) is 5.56 Å². The van der Waals surface area contributed by atoms with Crippen molar-refractivity contribution >= 4 is 18.4 Å². The van der Waals surface area contributed by atoms with Crippen LogP contribution in [-0.4, -0.2) is 30.6 Å². The van der Waals surface area contributed by atoms with Crippen LogP contribution in [0.25, 0.3) is 0 Å². The van der Waals surface area contributed by atoms with Crippen molar-refractivity contribution in [2.45, 2.75) is 33.2 Å². The largest absolute Gasteiger partial charge is 0.465 e. The van der Waals surface area contributed by atoms with Gasteiger partial charge in [-0.2, -0.15) is 5.26 Å². The molecule has 0 aliphatic carbocycles. The third-order valence-electron chi connectivity index (χ3n) is 4.58. The van der Waals surface area contributed by atoms with Gasteiger partial charge < -0.3 is 4.74 Å². The van der Waals surface area contributed by atoms with Crippen LogP contribution in [0.1, 0.15) is 32.3 Å². The molecular formula is C18H25ClN2O2. The highest BCUT2D eigenvalue weighted by Crippen LogP contribution is 2.36. The number of benzene rings is 1. The number of hydrogen-bond acceptors (Lipinski definition) is 4. The number of piperidine rings is 1. The molecule has 1 saturated heterocycles. The Hall–Kier alpha value is -1.57. The first-order valence-corrected chi connectivity index (χ1v) is 7.95. The summed E-state index contributed by atoms with van der Waals surface area (Å²) < 4.78 is 5.10. The highest BCUT2D eigenvalue weighted by molar-refractivity contribution is 5.85. The van der Waals surface area contributed by atoms with Crippen LogP contribution in [0.15, 0.2) is 30.3 Å². The van der Waals surface area contributed by atoms with E-state index in [-0.39, 0.29) is 24.3 Å². The Morgan fingerprint density at radius 3 is 2.48 bits per heavy atom. The number of hydrogen-bond donors (Lipinski definition) is 0. The van der Waals surface area contributed by atoms with E-state index in [1.807, 2.05) is 6.07 Å². The van der Waals surface area contributed by atoms with E-state index in [1.54, 1.807) is 13.8 Å². The molecule has 0 radical (unpaired) electrons. The van der Waals surface area contributed by atoms with Crippen molar-refractivity contribution in [3.63, 3.8) is 0 Å². The molecule has 1 atom stereocenters. The molecule has 1 fully saturated rings. The summed E-state index contributed by atoms with van der Waals surface area (Å²) in [4.78, 5) is 14.5. The summed E-state index contributed by atoms with van der Waals surface area (Å²) >= 11 is 0. The second kappa shape index (κ2) is 8.90. The van der Waals surface area contributed by atoms with Gasteiger partial charge in [0.2, 0.25) is 0 Å². The van der Waals surface area contributed by atoms with Gasteiger partial charge in [-0.1, -0.05) is 30.3 Å². The van der Waals surface area contributed by atoms with Gasteiger partial charge in [0.25, 0.3) is 0 Å². The maximum atomic E-state index is 12.1. The molecule has 2 rings (SSSR count). The first-order chi connectivity index (χ1) is 10.6. The Kier molecular flexibility index (Phi) is 7.54. The summed E-state index contributed by atoms with van der Waals surface area (Å²) in [5.74, 6) is -0.303. The van der Waals surface area contributed by atoms with E-state index in [0.29, 0.717) is 6.61 Å². The number of esters is 1. The molecule has 0 amide bonds. The third kappa shape index (κ3) is 4.70. The summed E-state index contributed by atoms with van der Waals surface area (Å²) in [7, 11) is 0. The molecule has 4 nitrogen and oxygen atoms in total. The average molecular weight is 337 g/mol.